The van der Waals surface area contributed by atoms with Crippen LogP contribution in [0.3, 0.4) is 0 Å². The van der Waals surface area contributed by atoms with Crippen LogP contribution in [0.15, 0.2) is 48.5 Å². The van der Waals surface area contributed by atoms with Crippen LogP contribution in [-0.4, -0.2) is 42.8 Å². The van der Waals surface area contributed by atoms with E-state index in [0.717, 1.165) is 19.3 Å². The summed E-state index contributed by atoms with van der Waals surface area (Å²) in [5, 5.41) is 14.8. The van der Waals surface area contributed by atoms with E-state index in [1.54, 1.807) is 0 Å². The molecule has 2 amide bonds. The Kier molecular flexibility index (Phi) is 6.26. The predicted molar refractivity (Wildman–Crippen MR) is 126 cm³/mol. The lowest BCUT2D eigenvalue weighted by atomic mass is 9.95. The second kappa shape index (κ2) is 9.49. The number of alkyl carbamates (subject to hydrolysis) is 1. The predicted octanol–water partition coefficient (Wildman–Crippen LogP) is 3.78. The highest BCUT2D eigenvalue weighted by Gasteiger charge is 2.43. The third-order valence-electron chi connectivity index (χ3n) is 7.63. The van der Waals surface area contributed by atoms with Gasteiger partial charge in [-0.05, 0) is 53.4 Å². The summed E-state index contributed by atoms with van der Waals surface area (Å²) in [6.45, 7) is 1.08. The van der Waals surface area contributed by atoms with Crippen molar-refractivity contribution in [2.75, 3.05) is 19.7 Å². The van der Waals surface area contributed by atoms with Crippen LogP contribution in [0, 0.1) is 23.7 Å². The van der Waals surface area contributed by atoms with Gasteiger partial charge in [-0.3, -0.25) is 9.59 Å². The Morgan fingerprint density at radius 1 is 0.853 bits per heavy atom. The molecule has 7 nitrogen and oxygen atoms in total. The van der Waals surface area contributed by atoms with E-state index in [1.807, 2.05) is 24.3 Å². The van der Waals surface area contributed by atoms with Gasteiger partial charge in [0.1, 0.15) is 6.61 Å². The highest BCUT2D eigenvalue weighted by atomic mass is 16.5. The summed E-state index contributed by atoms with van der Waals surface area (Å²) in [5.74, 6) is -1.18. The Morgan fingerprint density at radius 3 is 2.15 bits per heavy atom. The van der Waals surface area contributed by atoms with Crippen LogP contribution in [0.2, 0.25) is 0 Å². The van der Waals surface area contributed by atoms with Crippen molar-refractivity contribution >= 4 is 18.0 Å². The van der Waals surface area contributed by atoms with E-state index < -0.39 is 12.1 Å². The summed E-state index contributed by atoms with van der Waals surface area (Å²) in [7, 11) is 0. The van der Waals surface area contributed by atoms with E-state index in [0.29, 0.717) is 19.5 Å². The maximum absolute atomic E-state index is 12.6. The Labute approximate surface area is 198 Å². The van der Waals surface area contributed by atoms with Crippen LogP contribution in [0.5, 0.6) is 0 Å². The number of carboxylic acid groups (broad SMARTS) is 1. The van der Waals surface area contributed by atoms with Crippen molar-refractivity contribution in [1.29, 1.82) is 0 Å². The molecule has 3 N–H and O–H groups in total. The van der Waals surface area contributed by atoms with Gasteiger partial charge in [0.05, 0.1) is 5.92 Å². The summed E-state index contributed by atoms with van der Waals surface area (Å²) in [4.78, 5) is 36.1. The minimum absolute atomic E-state index is 0.0141. The van der Waals surface area contributed by atoms with Gasteiger partial charge in [-0.1, -0.05) is 55.0 Å². The van der Waals surface area contributed by atoms with Gasteiger partial charge in [0, 0.05) is 24.9 Å². The van der Waals surface area contributed by atoms with Gasteiger partial charge < -0.3 is 20.5 Å². The molecule has 3 aliphatic rings. The summed E-state index contributed by atoms with van der Waals surface area (Å²) in [5.41, 5.74) is 4.72. The molecule has 3 aliphatic carbocycles. The van der Waals surface area contributed by atoms with Crippen LogP contribution >= 0.6 is 0 Å². The monoisotopic (exact) mass is 462 g/mol. The summed E-state index contributed by atoms with van der Waals surface area (Å²) < 4.78 is 5.61. The lowest BCUT2D eigenvalue weighted by Crippen LogP contribution is -2.39. The number of carbonyl (C=O) groups excluding carboxylic acids is 2. The third-order valence-corrected chi connectivity index (χ3v) is 7.63. The quantitative estimate of drug-likeness (QED) is 0.554. The number of benzene rings is 2. The number of fused-ring (bicyclic) bond motifs is 3. The molecule has 2 aromatic rings. The lowest BCUT2D eigenvalue weighted by Gasteiger charge is -2.20. The first-order valence-electron chi connectivity index (χ1n) is 12.1. The molecule has 7 heteroatoms. The van der Waals surface area contributed by atoms with Gasteiger partial charge in [-0.2, -0.15) is 0 Å². The van der Waals surface area contributed by atoms with Crippen LogP contribution in [-0.2, 0) is 14.3 Å². The van der Waals surface area contributed by atoms with Gasteiger partial charge in [-0.25, -0.2) is 4.79 Å². The second-order valence-corrected chi connectivity index (χ2v) is 9.69. The molecular formula is C27H30N2O5. The van der Waals surface area contributed by atoms with Gasteiger partial charge in [-0.15, -0.1) is 0 Å². The molecule has 2 aromatic carbocycles. The molecule has 5 rings (SSSR count). The molecule has 4 atom stereocenters. The van der Waals surface area contributed by atoms with Crippen LogP contribution < -0.4 is 10.6 Å². The number of rotatable bonds is 8. The van der Waals surface area contributed by atoms with Gasteiger partial charge in [0.2, 0.25) is 5.91 Å². The maximum Gasteiger partial charge on any atom is 0.407 e. The first-order chi connectivity index (χ1) is 16.5. The minimum Gasteiger partial charge on any atom is -0.481 e. The Morgan fingerprint density at radius 2 is 1.50 bits per heavy atom. The molecule has 2 fully saturated rings. The number of ether oxygens (including phenoxy) is 1. The fraction of sp³-hybridized carbons (Fsp3) is 0.444. The molecule has 0 heterocycles. The van der Waals surface area contributed by atoms with Crippen molar-refractivity contribution in [1.82, 2.24) is 10.6 Å². The van der Waals surface area contributed by atoms with E-state index in [4.69, 9.17) is 9.84 Å². The molecule has 0 spiro atoms. The summed E-state index contributed by atoms with van der Waals surface area (Å²) in [6.07, 6.45) is 2.78. The third kappa shape index (κ3) is 4.52. The molecule has 0 unspecified atom stereocenters. The first-order valence-corrected chi connectivity index (χ1v) is 12.1. The topological polar surface area (TPSA) is 105 Å². The number of amides is 2. The van der Waals surface area contributed by atoms with E-state index in [9.17, 15) is 14.4 Å². The minimum atomic E-state index is -0.787. The van der Waals surface area contributed by atoms with E-state index >= 15 is 0 Å². The SMILES string of the molecule is O=C(NC[C@@H]1CCC[C@@H]1C(=O)NC[C@@H]1C[C@@H]1C(=O)O)OCC1c2ccccc2-c2ccccc21. The van der Waals surface area contributed by atoms with E-state index in [1.165, 1.54) is 22.3 Å². The summed E-state index contributed by atoms with van der Waals surface area (Å²) in [6, 6.07) is 16.4. The van der Waals surface area contributed by atoms with Crippen molar-refractivity contribution in [3.63, 3.8) is 0 Å². The zero-order valence-corrected chi connectivity index (χ0v) is 19.0. The molecule has 34 heavy (non-hydrogen) atoms. The molecule has 0 aromatic heterocycles. The fourth-order valence-corrected chi connectivity index (χ4v) is 5.63. The Balaban J connectivity index is 1.10. The molecule has 0 bridgehead atoms. The molecule has 178 valence electrons. The largest absolute Gasteiger partial charge is 0.481 e. The van der Waals surface area contributed by atoms with E-state index in [2.05, 4.69) is 34.9 Å². The van der Waals surface area contributed by atoms with Crippen LogP contribution in [0.25, 0.3) is 11.1 Å². The average Bonchev–Trinajstić information content (AvgIpc) is 3.36. The van der Waals surface area contributed by atoms with Gasteiger partial charge in [0.15, 0.2) is 0 Å². The zero-order valence-electron chi connectivity index (χ0n) is 19.0. The number of nitrogens with one attached hydrogen (secondary N) is 2. The van der Waals surface area contributed by atoms with Crippen LogP contribution in [0.4, 0.5) is 4.79 Å². The average molecular weight is 463 g/mol. The molecule has 0 aliphatic heterocycles. The number of aliphatic carboxylic acids is 1. The fourth-order valence-electron chi connectivity index (χ4n) is 5.63. The lowest BCUT2D eigenvalue weighted by molar-refractivity contribution is -0.139. The van der Waals surface area contributed by atoms with Crippen molar-refractivity contribution in [2.45, 2.75) is 31.6 Å². The van der Waals surface area contributed by atoms with Crippen molar-refractivity contribution < 1.29 is 24.2 Å². The zero-order chi connectivity index (χ0) is 23.7. The number of hydrogen-bond acceptors (Lipinski definition) is 4. The molecule has 0 saturated heterocycles. The van der Waals surface area contributed by atoms with Gasteiger partial charge >= 0.3 is 12.1 Å². The number of carboxylic acids is 1. The highest BCUT2D eigenvalue weighted by Crippen LogP contribution is 2.44. The van der Waals surface area contributed by atoms with Crippen molar-refractivity contribution in [3.05, 3.63) is 59.7 Å². The summed E-state index contributed by atoms with van der Waals surface area (Å²) >= 11 is 0. The maximum atomic E-state index is 12.6. The molecule has 0 radical (unpaired) electrons. The smallest absolute Gasteiger partial charge is 0.407 e. The van der Waals surface area contributed by atoms with Crippen molar-refractivity contribution in [2.24, 2.45) is 23.7 Å². The van der Waals surface area contributed by atoms with Crippen molar-refractivity contribution in [3.8, 4) is 11.1 Å². The van der Waals surface area contributed by atoms with Gasteiger partial charge in [0.25, 0.3) is 0 Å². The van der Waals surface area contributed by atoms with E-state index in [-0.39, 0.29) is 42.1 Å². The Hall–Kier alpha value is -3.35. The first kappa shape index (κ1) is 22.4. The van der Waals surface area contributed by atoms with Crippen LogP contribution in [0.1, 0.15) is 42.7 Å². The Bertz CT molecular complexity index is 1050. The molecule has 2 saturated carbocycles. The highest BCUT2D eigenvalue weighted by molar-refractivity contribution is 5.80. The number of hydrogen-bond donors (Lipinski definition) is 3. The normalized spacial score (nSPS) is 24.7. The second-order valence-electron chi connectivity index (χ2n) is 9.69. The number of carbonyl (C=O) groups is 3. The standard InChI is InChI=1S/C27H30N2O5/c30-25(28-14-17-12-23(17)26(31)32)18-11-5-6-16(18)13-29-27(33)34-15-24-21-9-3-1-7-19(21)20-8-2-4-10-22(20)24/h1-4,7-10,16-18,23-24H,5-6,11-15H2,(H,28,30)(H,29,33)(H,31,32)/t16-,17-,18-,23-/m0/s1. The molecular weight excluding hydrogens is 432 g/mol.